The second-order valence-electron chi connectivity index (χ2n) is 2.64. The minimum Gasteiger partial charge on any atom is -0.393 e. The molecule has 0 saturated heterocycles. The highest BCUT2D eigenvalue weighted by molar-refractivity contribution is 7.15. The molecule has 1 unspecified atom stereocenters. The van der Waals surface area contributed by atoms with E-state index in [1.807, 2.05) is 19.0 Å². The van der Waals surface area contributed by atoms with Crippen molar-refractivity contribution in [1.29, 1.82) is 0 Å². The largest absolute Gasteiger partial charge is 0.393 e. The Hall–Kier alpha value is -0.650. The third-order valence-electron chi connectivity index (χ3n) is 1.40. The average Bonchev–Trinajstić information content (AvgIpc) is 2.51. The lowest BCUT2D eigenvalue weighted by molar-refractivity contribution is 0.0982. The summed E-state index contributed by atoms with van der Waals surface area (Å²) in [6.45, 7) is -0.255. The van der Waals surface area contributed by atoms with Crippen LogP contribution in [0, 0.1) is 0 Å². The molecule has 0 aliphatic rings. The molecule has 0 aliphatic heterocycles. The van der Waals surface area contributed by atoms with Gasteiger partial charge in [0.15, 0.2) is 5.13 Å². The van der Waals surface area contributed by atoms with E-state index >= 15 is 0 Å². The second-order valence-corrected chi connectivity index (χ2v) is 3.68. The van der Waals surface area contributed by atoms with Crippen LogP contribution in [-0.4, -0.2) is 35.9 Å². The van der Waals surface area contributed by atoms with Crippen molar-refractivity contribution in [3.05, 3.63) is 11.1 Å². The lowest BCUT2D eigenvalue weighted by Gasteiger charge is -2.06. The standard InChI is InChI=1S/C7H12N2O2S/c1-9(2)7-8-3-6(12-7)5(11)4-10/h3,5,10-11H,4H2,1-2H3. The van der Waals surface area contributed by atoms with Gasteiger partial charge in [-0.05, 0) is 0 Å². The number of rotatable bonds is 3. The van der Waals surface area contributed by atoms with Crippen LogP contribution in [0.2, 0.25) is 0 Å². The summed E-state index contributed by atoms with van der Waals surface area (Å²) < 4.78 is 0. The maximum atomic E-state index is 9.23. The number of aromatic nitrogens is 1. The molecule has 68 valence electrons. The zero-order chi connectivity index (χ0) is 9.14. The predicted octanol–water partition coefficient (Wildman–Crippen LogP) is 0.235. The van der Waals surface area contributed by atoms with Crippen molar-refractivity contribution in [1.82, 2.24) is 4.98 Å². The maximum absolute atomic E-state index is 9.23. The minimum absolute atomic E-state index is 0.255. The Morgan fingerprint density at radius 3 is 2.75 bits per heavy atom. The van der Waals surface area contributed by atoms with Crippen molar-refractivity contribution in [2.24, 2.45) is 0 Å². The Bertz CT molecular complexity index is 249. The third-order valence-corrected chi connectivity index (χ3v) is 2.66. The van der Waals surface area contributed by atoms with Crippen LogP contribution in [0.3, 0.4) is 0 Å². The Morgan fingerprint density at radius 1 is 1.67 bits per heavy atom. The molecular formula is C7H12N2O2S. The van der Waals surface area contributed by atoms with E-state index < -0.39 is 6.10 Å². The van der Waals surface area contributed by atoms with Gasteiger partial charge in [0.25, 0.3) is 0 Å². The summed E-state index contributed by atoms with van der Waals surface area (Å²) >= 11 is 1.38. The maximum Gasteiger partial charge on any atom is 0.185 e. The van der Waals surface area contributed by atoms with Gasteiger partial charge in [0.05, 0.1) is 11.5 Å². The van der Waals surface area contributed by atoms with E-state index in [9.17, 15) is 5.11 Å². The fraction of sp³-hybridized carbons (Fsp3) is 0.571. The van der Waals surface area contributed by atoms with E-state index in [0.717, 1.165) is 5.13 Å². The number of nitrogens with zero attached hydrogens (tertiary/aromatic N) is 2. The molecule has 4 nitrogen and oxygen atoms in total. The van der Waals surface area contributed by atoms with Crippen molar-refractivity contribution >= 4 is 16.5 Å². The second kappa shape index (κ2) is 3.84. The van der Waals surface area contributed by atoms with Crippen molar-refractivity contribution in [2.75, 3.05) is 25.6 Å². The molecule has 0 amide bonds. The molecule has 1 heterocycles. The quantitative estimate of drug-likeness (QED) is 0.713. The van der Waals surface area contributed by atoms with Gasteiger partial charge < -0.3 is 15.1 Å². The summed E-state index contributed by atoms with van der Waals surface area (Å²) in [4.78, 5) is 6.61. The molecule has 0 spiro atoms. The predicted molar refractivity (Wildman–Crippen MR) is 48.5 cm³/mol. The van der Waals surface area contributed by atoms with Crippen LogP contribution < -0.4 is 4.90 Å². The summed E-state index contributed by atoms with van der Waals surface area (Å²) in [5.41, 5.74) is 0. The summed E-state index contributed by atoms with van der Waals surface area (Å²) in [5, 5.41) is 18.7. The Kier molecular flexibility index (Phi) is 3.02. The molecule has 0 fully saturated rings. The molecule has 1 aromatic rings. The fourth-order valence-electron chi connectivity index (χ4n) is 0.728. The van der Waals surface area contributed by atoms with Gasteiger partial charge in [-0.3, -0.25) is 0 Å². The SMILES string of the molecule is CN(C)c1ncc(C(O)CO)s1. The summed E-state index contributed by atoms with van der Waals surface area (Å²) in [5.74, 6) is 0. The van der Waals surface area contributed by atoms with Crippen molar-refractivity contribution < 1.29 is 10.2 Å². The van der Waals surface area contributed by atoms with Crippen LogP contribution in [-0.2, 0) is 0 Å². The first-order valence-electron chi connectivity index (χ1n) is 3.57. The molecule has 2 N–H and O–H groups in total. The number of hydrogen-bond donors (Lipinski definition) is 2. The van der Waals surface area contributed by atoms with Crippen molar-refractivity contribution in [3.8, 4) is 0 Å². The lowest BCUT2D eigenvalue weighted by atomic mass is 10.3. The molecule has 0 bridgehead atoms. The molecule has 0 saturated carbocycles. The monoisotopic (exact) mass is 188 g/mol. The van der Waals surface area contributed by atoms with Gasteiger partial charge in [-0.1, -0.05) is 11.3 Å². The molecule has 0 radical (unpaired) electrons. The molecule has 1 rings (SSSR count). The Balaban J connectivity index is 2.77. The number of aliphatic hydroxyl groups is 2. The molecule has 12 heavy (non-hydrogen) atoms. The number of aliphatic hydroxyl groups excluding tert-OH is 2. The van der Waals surface area contributed by atoms with Gasteiger partial charge in [0.2, 0.25) is 0 Å². The van der Waals surface area contributed by atoms with Crippen LogP contribution in [0.5, 0.6) is 0 Å². The molecule has 1 atom stereocenters. The van der Waals surface area contributed by atoms with Gasteiger partial charge in [-0.2, -0.15) is 0 Å². The number of hydrogen-bond acceptors (Lipinski definition) is 5. The van der Waals surface area contributed by atoms with E-state index in [1.165, 1.54) is 11.3 Å². The average molecular weight is 188 g/mol. The number of anilines is 1. The number of thiazole rings is 1. The van der Waals surface area contributed by atoms with Gasteiger partial charge in [-0.15, -0.1) is 0 Å². The third kappa shape index (κ3) is 1.94. The highest BCUT2D eigenvalue weighted by Gasteiger charge is 2.10. The van der Waals surface area contributed by atoms with Crippen LogP contribution in [0.1, 0.15) is 11.0 Å². The molecular weight excluding hydrogens is 176 g/mol. The highest BCUT2D eigenvalue weighted by Crippen LogP contribution is 2.25. The highest BCUT2D eigenvalue weighted by atomic mass is 32.1. The topological polar surface area (TPSA) is 56.6 Å². The Labute approximate surface area is 75.1 Å². The smallest absolute Gasteiger partial charge is 0.185 e. The van der Waals surface area contributed by atoms with Crippen molar-refractivity contribution in [2.45, 2.75) is 6.10 Å². The zero-order valence-corrected chi connectivity index (χ0v) is 7.88. The van der Waals surface area contributed by atoms with Crippen LogP contribution >= 0.6 is 11.3 Å². The fourth-order valence-corrected chi connectivity index (χ4v) is 1.54. The van der Waals surface area contributed by atoms with E-state index in [-0.39, 0.29) is 6.61 Å². The Morgan fingerprint density at radius 2 is 2.33 bits per heavy atom. The van der Waals surface area contributed by atoms with Crippen LogP contribution in [0.15, 0.2) is 6.20 Å². The van der Waals surface area contributed by atoms with Gasteiger partial charge in [-0.25, -0.2) is 4.98 Å². The van der Waals surface area contributed by atoms with Crippen LogP contribution in [0.25, 0.3) is 0 Å². The van der Waals surface area contributed by atoms with Crippen LogP contribution in [0.4, 0.5) is 5.13 Å². The summed E-state index contributed by atoms with van der Waals surface area (Å²) in [6.07, 6.45) is 0.789. The normalized spacial score (nSPS) is 13.0. The molecule has 0 aliphatic carbocycles. The van der Waals surface area contributed by atoms with E-state index in [4.69, 9.17) is 5.11 Å². The van der Waals surface area contributed by atoms with Crippen molar-refractivity contribution in [3.63, 3.8) is 0 Å². The molecule has 0 aromatic carbocycles. The van der Waals surface area contributed by atoms with Gasteiger partial charge in [0, 0.05) is 20.3 Å². The summed E-state index contributed by atoms with van der Waals surface area (Å²) in [7, 11) is 3.77. The van der Waals surface area contributed by atoms with Gasteiger partial charge >= 0.3 is 0 Å². The van der Waals surface area contributed by atoms with E-state index in [2.05, 4.69) is 4.98 Å². The lowest BCUT2D eigenvalue weighted by Crippen LogP contribution is -2.07. The summed E-state index contributed by atoms with van der Waals surface area (Å²) in [6, 6.07) is 0. The minimum atomic E-state index is -0.795. The van der Waals surface area contributed by atoms with E-state index in [1.54, 1.807) is 6.20 Å². The molecule has 1 aromatic heterocycles. The molecule has 5 heteroatoms. The van der Waals surface area contributed by atoms with E-state index in [0.29, 0.717) is 4.88 Å². The zero-order valence-electron chi connectivity index (χ0n) is 7.06. The first kappa shape index (κ1) is 9.44. The van der Waals surface area contributed by atoms with Gasteiger partial charge in [0.1, 0.15) is 6.10 Å². The first-order chi connectivity index (χ1) is 5.65. The first-order valence-corrected chi connectivity index (χ1v) is 4.38.